The molecule has 0 heterocycles. The van der Waals surface area contributed by atoms with E-state index >= 15 is 0 Å². The van der Waals surface area contributed by atoms with E-state index < -0.39 is 18.2 Å². The van der Waals surface area contributed by atoms with Crippen LogP contribution in [-0.2, 0) is 4.79 Å². The van der Waals surface area contributed by atoms with Gasteiger partial charge in [-0.1, -0.05) is 244 Å². The van der Waals surface area contributed by atoms with Crippen LogP contribution in [0.3, 0.4) is 0 Å². The molecule has 5 heteroatoms. The number of carbonyl (C=O) groups excluding carboxylic acids is 1. The fourth-order valence-electron chi connectivity index (χ4n) is 7.99. The molecule has 0 radical (unpaired) electrons. The lowest BCUT2D eigenvalue weighted by atomic mass is 10.0. The SMILES string of the molecule is CCCCCCCCCCCCCCC/C=C/CCCC(O)C(O)C(CO)NC(=O)CCCCCCCCCCCCCCCCCCCCCCCCC. The summed E-state index contributed by atoms with van der Waals surface area (Å²) >= 11 is 0. The van der Waals surface area contributed by atoms with Crippen LogP contribution in [0.15, 0.2) is 12.2 Å². The lowest BCUT2D eigenvalue weighted by Crippen LogP contribution is -2.50. The van der Waals surface area contributed by atoms with Crippen molar-refractivity contribution in [1.29, 1.82) is 0 Å². The number of allylic oxidation sites excluding steroid dienone is 2. The van der Waals surface area contributed by atoms with E-state index in [0.717, 1.165) is 38.5 Å². The first-order valence-corrected chi connectivity index (χ1v) is 25.0. The maximum absolute atomic E-state index is 12.5. The Hall–Kier alpha value is -0.910. The molecule has 0 rings (SSSR count). The lowest BCUT2D eigenvalue weighted by Gasteiger charge is -2.26. The van der Waals surface area contributed by atoms with Crippen LogP contribution in [0.2, 0.25) is 0 Å². The molecule has 0 aliphatic rings. The molecule has 4 N–H and O–H groups in total. The minimum absolute atomic E-state index is 0.148. The predicted octanol–water partition coefficient (Wildman–Crippen LogP) is 14.8. The molecule has 0 aromatic carbocycles. The molecule has 0 fully saturated rings. The molecule has 55 heavy (non-hydrogen) atoms. The van der Waals surface area contributed by atoms with E-state index in [0.29, 0.717) is 12.8 Å². The van der Waals surface area contributed by atoms with E-state index in [9.17, 15) is 20.1 Å². The Kier molecular flexibility index (Phi) is 45.0. The number of aliphatic hydroxyl groups is 3. The van der Waals surface area contributed by atoms with Gasteiger partial charge in [-0.3, -0.25) is 4.79 Å². The summed E-state index contributed by atoms with van der Waals surface area (Å²) in [4.78, 5) is 12.5. The molecule has 328 valence electrons. The van der Waals surface area contributed by atoms with Crippen LogP contribution in [0.1, 0.15) is 277 Å². The van der Waals surface area contributed by atoms with Crippen LogP contribution in [0, 0.1) is 0 Å². The van der Waals surface area contributed by atoms with Gasteiger partial charge in [0.2, 0.25) is 5.91 Å². The average Bonchev–Trinajstić information content (AvgIpc) is 3.19. The maximum atomic E-state index is 12.5. The van der Waals surface area contributed by atoms with Crippen LogP contribution in [-0.4, -0.2) is 46.1 Å². The van der Waals surface area contributed by atoms with Crippen LogP contribution in [0.25, 0.3) is 0 Å². The maximum Gasteiger partial charge on any atom is 0.220 e. The van der Waals surface area contributed by atoms with E-state index in [2.05, 4.69) is 31.3 Å². The van der Waals surface area contributed by atoms with Gasteiger partial charge in [0.1, 0.15) is 6.10 Å². The average molecular weight is 778 g/mol. The van der Waals surface area contributed by atoms with Crippen molar-refractivity contribution < 1.29 is 20.1 Å². The second-order valence-electron chi connectivity index (χ2n) is 17.4. The molecule has 0 spiro atoms. The summed E-state index contributed by atoms with van der Waals surface area (Å²) < 4.78 is 0. The molecule has 0 bridgehead atoms. The Morgan fingerprint density at radius 3 is 1.05 bits per heavy atom. The van der Waals surface area contributed by atoms with Gasteiger partial charge in [0.05, 0.1) is 18.8 Å². The highest BCUT2D eigenvalue weighted by atomic mass is 16.3. The minimum atomic E-state index is -1.15. The zero-order valence-electron chi connectivity index (χ0n) is 37.3. The van der Waals surface area contributed by atoms with Crippen molar-refractivity contribution in [2.24, 2.45) is 0 Å². The van der Waals surface area contributed by atoms with Gasteiger partial charge in [0.25, 0.3) is 0 Å². The first-order chi connectivity index (χ1) is 27.1. The van der Waals surface area contributed by atoms with Gasteiger partial charge in [-0.15, -0.1) is 0 Å². The van der Waals surface area contributed by atoms with E-state index in [1.165, 1.54) is 212 Å². The number of hydrogen-bond acceptors (Lipinski definition) is 4. The molecule has 0 aliphatic carbocycles. The van der Waals surface area contributed by atoms with Crippen molar-refractivity contribution in [3.8, 4) is 0 Å². The molecule has 5 nitrogen and oxygen atoms in total. The normalized spacial score (nSPS) is 13.5. The van der Waals surface area contributed by atoms with Gasteiger partial charge < -0.3 is 20.6 Å². The molecular weight excluding hydrogens is 679 g/mol. The number of hydrogen-bond donors (Lipinski definition) is 4. The minimum Gasteiger partial charge on any atom is -0.394 e. The molecule has 0 aromatic rings. The van der Waals surface area contributed by atoms with Crippen LogP contribution >= 0.6 is 0 Å². The van der Waals surface area contributed by atoms with Crippen molar-refractivity contribution in [2.45, 2.75) is 295 Å². The van der Waals surface area contributed by atoms with Gasteiger partial charge in [0, 0.05) is 6.42 Å². The Bertz CT molecular complexity index is 773. The fourth-order valence-corrected chi connectivity index (χ4v) is 7.99. The molecule has 0 saturated heterocycles. The second kappa shape index (κ2) is 45.8. The Morgan fingerprint density at radius 2 is 0.727 bits per heavy atom. The third-order valence-corrected chi connectivity index (χ3v) is 11.9. The summed E-state index contributed by atoms with van der Waals surface area (Å²) in [5, 5.41) is 33.6. The van der Waals surface area contributed by atoms with E-state index in [1.807, 2.05) is 0 Å². The summed E-state index contributed by atoms with van der Waals surface area (Å²) in [5.74, 6) is -0.148. The zero-order chi connectivity index (χ0) is 40.1. The second-order valence-corrected chi connectivity index (χ2v) is 17.4. The largest absolute Gasteiger partial charge is 0.394 e. The highest BCUT2D eigenvalue weighted by Gasteiger charge is 2.26. The van der Waals surface area contributed by atoms with Crippen LogP contribution < -0.4 is 5.32 Å². The smallest absolute Gasteiger partial charge is 0.220 e. The molecule has 0 saturated carbocycles. The monoisotopic (exact) mass is 778 g/mol. The Balaban J connectivity index is 3.57. The summed E-state index contributed by atoms with van der Waals surface area (Å²) in [6, 6.07) is -0.821. The summed E-state index contributed by atoms with van der Waals surface area (Å²) in [6.07, 6.45) is 54.9. The Labute approximate surface area is 344 Å². The van der Waals surface area contributed by atoms with Crippen LogP contribution in [0.5, 0.6) is 0 Å². The number of unbranched alkanes of at least 4 members (excludes halogenated alkanes) is 36. The van der Waals surface area contributed by atoms with E-state index in [4.69, 9.17) is 0 Å². The highest BCUT2D eigenvalue weighted by Crippen LogP contribution is 2.17. The molecule has 0 aliphatic heterocycles. The number of nitrogens with one attached hydrogen (secondary N) is 1. The molecule has 3 atom stereocenters. The topological polar surface area (TPSA) is 89.8 Å². The number of amides is 1. The van der Waals surface area contributed by atoms with Gasteiger partial charge in [-0.25, -0.2) is 0 Å². The fraction of sp³-hybridized carbons (Fsp3) is 0.940. The van der Waals surface area contributed by atoms with Crippen molar-refractivity contribution in [2.75, 3.05) is 6.61 Å². The molecule has 3 unspecified atom stereocenters. The quantitative estimate of drug-likeness (QED) is 0.0366. The van der Waals surface area contributed by atoms with Crippen molar-refractivity contribution in [3.63, 3.8) is 0 Å². The van der Waals surface area contributed by atoms with E-state index in [1.54, 1.807) is 0 Å². The first-order valence-electron chi connectivity index (χ1n) is 25.0. The third-order valence-electron chi connectivity index (χ3n) is 11.9. The third kappa shape index (κ3) is 41.1. The molecule has 1 amide bonds. The summed E-state index contributed by atoms with van der Waals surface area (Å²) in [6.45, 7) is 4.20. The number of rotatable bonds is 46. The molecular formula is C50H99NO4. The number of aliphatic hydroxyl groups excluding tert-OH is 3. The standard InChI is InChI=1S/C50H99NO4/c1-3-5-7-9-11-13-15-17-19-21-23-24-25-26-27-29-31-33-35-37-39-41-43-45-49(54)51-47(46-52)50(55)48(53)44-42-40-38-36-34-32-30-28-22-20-18-16-14-12-10-8-6-4-2/h36,38,47-48,50,52-53,55H,3-35,37,39-46H2,1-2H3,(H,51,54)/b38-36+. The van der Waals surface area contributed by atoms with Gasteiger partial charge in [-0.05, 0) is 38.5 Å². The number of carbonyl (C=O) groups is 1. The van der Waals surface area contributed by atoms with Gasteiger partial charge >= 0.3 is 0 Å². The van der Waals surface area contributed by atoms with Crippen molar-refractivity contribution in [3.05, 3.63) is 12.2 Å². The summed E-state index contributed by atoms with van der Waals surface area (Å²) in [5.41, 5.74) is 0. The van der Waals surface area contributed by atoms with Gasteiger partial charge in [0.15, 0.2) is 0 Å². The summed E-state index contributed by atoms with van der Waals surface area (Å²) in [7, 11) is 0. The van der Waals surface area contributed by atoms with Crippen molar-refractivity contribution in [1.82, 2.24) is 5.32 Å². The molecule has 0 aromatic heterocycles. The van der Waals surface area contributed by atoms with Gasteiger partial charge in [-0.2, -0.15) is 0 Å². The zero-order valence-corrected chi connectivity index (χ0v) is 37.3. The first kappa shape index (κ1) is 54.1. The van der Waals surface area contributed by atoms with Crippen molar-refractivity contribution >= 4 is 5.91 Å². The van der Waals surface area contributed by atoms with Crippen LogP contribution in [0.4, 0.5) is 0 Å². The van der Waals surface area contributed by atoms with E-state index in [-0.39, 0.29) is 12.5 Å². The lowest BCUT2D eigenvalue weighted by molar-refractivity contribution is -0.124. The predicted molar refractivity (Wildman–Crippen MR) is 241 cm³/mol. The highest BCUT2D eigenvalue weighted by molar-refractivity contribution is 5.76. The Morgan fingerprint density at radius 1 is 0.436 bits per heavy atom.